The molecule has 0 saturated carbocycles. The van der Waals surface area contributed by atoms with Gasteiger partial charge in [0.25, 0.3) is 0 Å². The van der Waals surface area contributed by atoms with Gasteiger partial charge < -0.3 is 5.32 Å². The van der Waals surface area contributed by atoms with Crippen molar-refractivity contribution in [1.82, 2.24) is 15.1 Å². The zero-order chi connectivity index (χ0) is 15.4. The Balaban J connectivity index is 2.23. The van der Waals surface area contributed by atoms with E-state index >= 15 is 0 Å². The number of hydrogen-bond donors (Lipinski definition) is 1. The topological polar surface area (TPSA) is 29.9 Å². The van der Waals surface area contributed by atoms with E-state index in [1.54, 1.807) is 0 Å². The molecule has 21 heavy (non-hydrogen) atoms. The lowest BCUT2D eigenvalue weighted by Gasteiger charge is -2.08. The van der Waals surface area contributed by atoms with E-state index in [-0.39, 0.29) is 0 Å². The van der Waals surface area contributed by atoms with Crippen molar-refractivity contribution in [2.45, 2.75) is 46.7 Å². The van der Waals surface area contributed by atoms with Gasteiger partial charge in [-0.15, -0.1) is 0 Å². The van der Waals surface area contributed by atoms with Crippen LogP contribution in [0, 0.1) is 6.92 Å². The summed E-state index contributed by atoms with van der Waals surface area (Å²) in [5.41, 5.74) is 4.46. The number of aryl methyl sites for hydroxylation is 1. The summed E-state index contributed by atoms with van der Waals surface area (Å²) in [6, 6.07) is 6.64. The van der Waals surface area contributed by atoms with Crippen molar-refractivity contribution < 1.29 is 0 Å². The van der Waals surface area contributed by atoms with Crippen molar-refractivity contribution in [3.05, 3.63) is 40.7 Å². The molecule has 0 saturated heterocycles. The smallest absolute Gasteiger partial charge is 0.0672 e. The first-order valence-electron chi connectivity index (χ1n) is 7.58. The summed E-state index contributed by atoms with van der Waals surface area (Å²) in [5.74, 6) is 0. The summed E-state index contributed by atoms with van der Waals surface area (Å²) < 4.78 is 2.00. The van der Waals surface area contributed by atoms with E-state index in [4.69, 9.17) is 11.6 Å². The molecule has 1 N–H and O–H groups in total. The molecule has 1 aromatic carbocycles. The Bertz CT molecular complexity index is 602. The quantitative estimate of drug-likeness (QED) is 0.791. The van der Waals surface area contributed by atoms with Gasteiger partial charge >= 0.3 is 0 Å². The van der Waals surface area contributed by atoms with Crippen molar-refractivity contribution in [1.29, 1.82) is 0 Å². The lowest BCUT2D eigenvalue weighted by Crippen LogP contribution is -2.13. The second-order valence-electron chi connectivity index (χ2n) is 5.68. The standard InChI is InChI=1S/C17H24ClN3/c1-5-8-19-10-15-7-6-14(9-17(15)18)16-11-21(12(2)3)20-13(16)4/h6-7,9,11-12,19H,5,8,10H2,1-4H3. The van der Waals surface area contributed by atoms with Crippen molar-refractivity contribution in [3.63, 3.8) is 0 Å². The van der Waals surface area contributed by atoms with Gasteiger partial charge in [0.1, 0.15) is 0 Å². The molecule has 0 amide bonds. The van der Waals surface area contributed by atoms with Gasteiger partial charge in [-0.3, -0.25) is 4.68 Å². The molecule has 0 unspecified atom stereocenters. The number of rotatable bonds is 6. The van der Waals surface area contributed by atoms with E-state index < -0.39 is 0 Å². The first kappa shape index (κ1) is 16.1. The number of halogens is 1. The molecular weight excluding hydrogens is 282 g/mol. The molecule has 0 aliphatic heterocycles. The van der Waals surface area contributed by atoms with Crippen LogP contribution in [0.5, 0.6) is 0 Å². The van der Waals surface area contributed by atoms with Crippen LogP contribution in [0.15, 0.2) is 24.4 Å². The second-order valence-corrected chi connectivity index (χ2v) is 6.09. The molecule has 2 rings (SSSR count). The minimum atomic E-state index is 0.366. The van der Waals surface area contributed by atoms with Crippen LogP contribution >= 0.6 is 11.6 Å². The molecule has 0 fully saturated rings. The van der Waals surface area contributed by atoms with Crippen LogP contribution in [-0.2, 0) is 6.54 Å². The summed E-state index contributed by atoms with van der Waals surface area (Å²) in [6.07, 6.45) is 3.23. The van der Waals surface area contributed by atoms with Crippen LogP contribution in [-0.4, -0.2) is 16.3 Å². The highest BCUT2D eigenvalue weighted by molar-refractivity contribution is 6.31. The maximum atomic E-state index is 6.41. The van der Waals surface area contributed by atoms with E-state index in [0.717, 1.165) is 46.9 Å². The Hall–Kier alpha value is -1.32. The van der Waals surface area contributed by atoms with Crippen molar-refractivity contribution in [2.24, 2.45) is 0 Å². The largest absolute Gasteiger partial charge is 0.313 e. The van der Waals surface area contributed by atoms with Gasteiger partial charge in [0.2, 0.25) is 0 Å². The monoisotopic (exact) mass is 305 g/mol. The van der Waals surface area contributed by atoms with Gasteiger partial charge in [-0.1, -0.05) is 30.7 Å². The molecule has 0 aliphatic carbocycles. The van der Waals surface area contributed by atoms with Gasteiger partial charge in [0, 0.05) is 29.4 Å². The predicted octanol–water partition coefficient (Wildman–Crippen LogP) is 4.59. The zero-order valence-corrected chi connectivity index (χ0v) is 14.0. The molecule has 3 nitrogen and oxygen atoms in total. The Morgan fingerprint density at radius 2 is 2.10 bits per heavy atom. The molecule has 0 atom stereocenters. The highest BCUT2D eigenvalue weighted by atomic mass is 35.5. The average molecular weight is 306 g/mol. The summed E-state index contributed by atoms with van der Waals surface area (Å²) in [7, 11) is 0. The van der Waals surface area contributed by atoms with Gasteiger partial charge in [-0.2, -0.15) is 5.10 Å². The molecule has 4 heteroatoms. The van der Waals surface area contributed by atoms with E-state index in [9.17, 15) is 0 Å². The number of nitrogens with zero attached hydrogens (tertiary/aromatic N) is 2. The Labute approximate surface area is 132 Å². The third-order valence-corrected chi connectivity index (χ3v) is 3.90. The van der Waals surface area contributed by atoms with E-state index in [0.29, 0.717) is 6.04 Å². The molecular formula is C17H24ClN3. The van der Waals surface area contributed by atoms with Gasteiger partial charge in [0.15, 0.2) is 0 Å². The molecule has 2 aromatic rings. The third kappa shape index (κ3) is 3.86. The van der Waals surface area contributed by atoms with E-state index in [1.807, 2.05) is 17.7 Å². The summed E-state index contributed by atoms with van der Waals surface area (Å²) in [5, 5.41) is 8.75. The maximum absolute atomic E-state index is 6.41. The third-order valence-electron chi connectivity index (χ3n) is 3.55. The van der Waals surface area contributed by atoms with Crippen molar-refractivity contribution in [2.75, 3.05) is 6.54 Å². The first-order valence-corrected chi connectivity index (χ1v) is 7.96. The van der Waals surface area contributed by atoms with Gasteiger partial charge in [-0.25, -0.2) is 0 Å². The lowest BCUT2D eigenvalue weighted by atomic mass is 10.0. The van der Waals surface area contributed by atoms with Gasteiger partial charge in [-0.05, 0) is 50.9 Å². The number of hydrogen-bond acceptors (Lipinski definition) is 2. The fraction of sp³-hybridized carbons (Fsp3) is 0.471. The molecule has 0 aliphatic rings. The fourth-order valence-electron chi connectivity index (χ4n) is 2.29. The lowest BCUT2D eigenvalue weighted by molar-refractivity contribution is 0.529. The summed E-state index contributed by atoms with van der Waals surface area (Å²) in [6.45, 7) is 10.3. The van der Waals surface area contributed by atoms with E-state index in [1.165, 1.54) is 0 Å². The Morgan fingerprint density at radius 1 is 1.33 bits per heavy atom. The minimum Gasteiger partial charge on any atom is -0.313 e. The van der Waals surface area contributed by atoms with Crippen LogP contribution in [0.1, 0.15) is 44.5 Å². The first-order chi connectivity index (χ1) is 10.0. The predicted molar refractivity (Wildman–Crippen MR) is 89.8 cm³/mol. The zero-order valence-electron chi connectivity index (χ0n) is 13.3. The number of benzene rings is 1. The molecule has 1 heterocycles. The molecule has 0 spiro atoms. The highest BCUT2D eigenvalue weighted by Crippen LogP contribution is 2.28. The van der Waals surface area contributed by atoms with Crippen LogP contribution in [0.25, 0.3) is 11.1 Å². The molecule has 114 valence electrons. The molecule has 1 aromatic heterocycles. The highest BCUT2D eigenvalue weighted by Gasteiger charge is 2.11. The van der Waals surface area contributed by atoms with Crippen molar-refractivity contribution in [3.8, 4) is 11.1 Å². The maximum Gasteiger partial charge on any atom is 0.0672 e. The molecule has 0 bridgehead atoms. The number of nitrogens with one attached hydrogen (secondary N) is 1. The van der Waals surface area contributed by atoms with Crippen LogP contribution in [0.3, 0.4) is 0 Å². The molecule has 0 radical (unpaired) electrons. The number of aromatic nitrogens is 2. The summed E-state index contributed by atoms with van der Waals surface area (Å²) in [4.78, 5) is 0. The Morgan fingerprint density at radius 3 is 2.67 bits per heavy atom. The van der Waals surface area contributed by atoms with Gasteiger partial charge in [0.05, 0.1) is 5.69 Å². The normalized spacial score (nSPS) is 11.3. The minimum absolute atomic E-state index is 0.366. The van der Waals surface area contributed by atoms with E-state index in [2.05, 4.69) is 49.5 Å². The average Bonchev–Trinajstić information content (AvgIpc) is 2.83. The fourth-order valence-corrected chi connectivity index (χ4v) is 2.53. The van der Waals surface area contributed by atoms with Crippen LogP contribution < -0.4 is 5.32 Å². The second kappa shape index (κ2) is 7.10. The Kier molecular flexibility index (Phi) is 5.43. The van der Waals surface area contributed by atoms with Crippen LogP contribution in [0.2, 0.25) is 5.02 Å². The van der Waals surface area contributed by atoms with Crippen LogP contribution in [0.4, 0.5) is 0 Å². The summed E-state index contributed by atoms with van der Waals surface area (Å²) >= 11 is 6.41. The van der Waals surface area contributed by atoms with Crippen molar-refractivity contribution >= 4 is 11.6 Å². The SMILES string of the molecule is CCCNCc1ccc(-c2cn(C(C)C)nc2C)cc1Cl.